The highest BCUT2D eigenvalue weighted by molar-refractivity contribution is 5.85. The zero-order chi connectivity index (χ0) is 21.8. The SMILES string of the molecule is Cc1ccc(Nc2nc(N)nc(N(Cc3ccnc(F)c3)c3ccc(F)cc3)n2)cc1.Cl. The smallest absolute Gasteiger partial charge is 0.236 e. The van der Waals surface area contributed by atoms with Crippen molar-refractivity contribution in [3.8, 4) is 0 Å². The highest BCUT2D eigenvalue weighted by Crippen LogP contribution is 2.27. The van der Waals surface area contributed by atoms with Crippen molar-refractivity contribution in [2.75, 3.05) is 16.0 Å². The molecular weight excluding hydrogens is 436 g/mol. The summed E-state index contributed by atoms with van der Waals surface area (Å²) in [4.78, 5) is 18.1. The van der Waals surface area contributed by atoms with Crippen LogP contribution < -0.4 is 16.0 Å². The molecule has 0 atom stereocenters. The summed E-state index contributed by atoms with van der Waals surface area (Å²) in [5, 5.41) is 3.10. The molecule has 0 saturated heterocycles. The number of nitrogen functional groups attached to an aromatic ring is 1. The molecule has 0 bridgehead atoms. The summed E-state index contributed by atoms with van der Waals surface area (Å²) >= 11 is 0. The van der Waals surface area contributed by atoms with Crippen molar-refractivity contribution in [3.63, 3.8) is 0 Å². The highest BCUT2D eigenvalue weighted by Gasteiger charge is 2.17. The van der Waals surface area contributed by atoms with Crippen LogP contribution in [0.3, 0.4) is 0 Å². The maximum Gasteiger partial charge on any atom is 0.236 e. The second kappa shape index (κ2) is 9.97. The summed E-state index contributed by atoms with van der Waals surface area (Å²) in [5.41, 5.74) is 9.07. The first-order chi connectivity index (χ1) is 15.0. The first-order valence-electron chi connectivity index (χ1n) is 9.45. The third kappa shape index (κ3) is 5.64. The Labute approximate surface area is 189 Å². The Morgan fingerprint density at radius 2 is 1.66 bits per heavy atom. The Balaban J connectivity index is 0.00000289. The van der Waals surface area contributed by atoms with Gasteiger partial charge in [0.05, 0.1) is 6.54 Å². The molecule has 164 valence electrons. The summed E-state index contributed by atoms with van der Waals surface area (Å²) in [6.07, 6.45) is 1.37. The summed E-state index contributed by atoms with van der Waals surface area (Å²) in [6, 6.07) is 16.5. The molecule has 0 aliphatic rings. The van der Waals surface area contributed by atoms with Gasteiger partial charge in [0.25, 0.3) is 0 Å². The number of nitrogens with one attached hydrogen (secondary N) is 1. The first-order valence-corrected chi connectivity index (χ1v) is 9.45. The molecule has 3 N–H and O–H groups in total. The van der Waals surface area contributed by atoms with Crippen LogP contribution in [0.1, 0.15) is 11.1 Å². The topological polar surface area (TPSA) is 92.8 Å². The van der Waals surface area contributed by atoms with Crippen LogP contribution in [0.25, 0.3) is 0 Å². The van der Waals surface area contributed by atoms with E-state index in [0.29, 0.717) is 11.3 Å². The number of aromatic nitrogens is 4. The number of hydrogen-bond donors (Lipinski definition) is 2. The predicted molar refractivity (Wildman–Crippen MR) is 122 cm³/mol. The fraction of sp³-hybridized carbons (Fsp3) is 0.0909. The number of aryl methyl sites for hydroxylation is 1. The van der Waals surface area contributed by atoms with Crippen LogP contribution in [0.2, 0.25) is 0 Å². The van der Waals surface area contributed by atoms with E-state index in [9.17, 15) is 8.78 Å². The van der Waals surface area contributed by atoms with Crippen molar-refractivity contribution >= 4 is 41.6 Å². The van der Waals surface area contributed by atoms with E-state index in [2.05, 4.69) is 25.3 Å². The van der Waals surface area contributed by atoms with E-state index in [1.807, 2.05) is 31.2 Å². The molecule has 2 aromatic heterocycles. The molecule has 0 radical (unpaired) electrons. The van der Waals surface area contributed by atoms with Gasteiger partial charge in [0.15, 0.2) is 0 Å². The molecule has 7 nitrogen and oxygen atoms in total. The quantitative estimate of drug-likeness (QED) is 0.398. The molecule has 0 amide bonds. The number of nitrogens with two attached hydrogens (primary N) is 1. The first kappa shape index (κ1) is 22.8. The Bertz CT molecular complexity index is 1190. The van der Waals surface area contributed by atoms with Crippen molar-refractivity contribution in [1.82, 2.24) is 19.9 Å². The molecular formula is C22H20ClF2N7. The molecule has 0 aliphatic carbocycles. The van der Waals surface area contributed by atoms with E-state index >= 15 is 0 Å². The number of benzene rings is 2. The van der Waals surface area contributed by atoms with Crippen LogP contribution in [0, 0.1) is 18.7 Å². The van der Waals surface area contributed by atoms with Gasteiger partial charge in [-0.2, -0.15) is 19.3 Å². The van der Waals surface area contributed by atoms with Crippen LogP contribution in [0.5, 0.6) is 0 Å². The lowest BCUT2D eigenvalue weighted by Crippen LogP contribution is -2.21. The number of nitrogens with zero attached hydrogens (tertiary/aromatic N) is 5. The number of pyridine rings is 1. The maximum atomic E-state index is 13.6. The second-order valence-corrected chi connectivity index (χ2v) is 6.86. The molecule has 0 aliphatic heterocycles. The van der Waals surface area contributed by atoms with E-state index in [1.165, 1.54) is 24.4 Å². The minimum absolute atomic E-state index is 0. The van der Waals surface area contributed by atoms with Crippen molar-refractivity contribution in [2.24, 2.45) is 0 Å². The number of halogens is 3. The monoisotopic (exact) mass is 455 g/mol. The standard InChI is InChI=1S/C22H19F2N7.ClH/c1-14-2-6-17(7-3-14)27-21-28-20(25)29-22(30-21)31(18-8-4-16(23)5-9-18)13-15-10-11-26-19(24)12-15;/h2-12H,13H2,1H3,(H3,25,27,28,29,30);1H. The predicted octanol–water partition coefficient (Wildman–Crippen LogP) is 4.94. The van der Waals surface area contributed by atoms with Gasteiger partial charge in [-0.3, -0.25) is 0 Å². The van der Waals surface area contributed by atoms with Gasteiger partial charge in [-0.15, -0.1) is 12.4 Å². The third-order valence-electron chi connectivity index (χ3n) is 4.46. The van der Waals surface area contributed by atoms with Gasteiger partial charge in [0.1, 0.15) is 5.82 Å². The average molecular weight is 456 g/mol. The Morgan fingerprint density at radius 3 is 2.34 bits per heavy atom. The minimum atomic E-state index is -0.603. The Kier molecular flexibility index (Phi) is 7.11. The summed E-state index contributed by atoms with van der Waals surface area (Å²) < 4.78 is 27.1. The van der Waals surface area contributed by atoms with Gasteiger partial charge in [0.2, 0.25) is 23.8 Å². The molecule has 2 heterocycles. The van der Waals surface area contributed by atoms with Gasteiger partial charge in [-0.1, -0.05) is 17.7 Å². The average Bonchev–Trinajstić information content (AvgIpc) is 2.74. The van der Waals surface area contributed by atoms with Crippen LogP contribution in [-0.4, -0.2) is 19.9 Å². The van der Waals surface area contributed by atoms with E-state index in [1.54, 1.807) is 23.1 Å². The zero-order valence-electron chi connectivity index (χ0n) is 17.0. The number of hydrogen-bond acceptors (Lipinski definition) is 7. The van der Waals surface area contributed by atoms with E-state index in [0.717, 1.165) is 11.3 Å². The largest absolute Gasteiger partial charge is 0.368 e. The third-order valence-corrected chi connectivity index (χ3v) is 4.46. The molecule has 2 aromatic carbocycles. The maximum absolute atomic E-state index is 13.6. The van der Waals surface area contributed by atoms with Crippen LogP contribution in [-0.2, 0) is 6.54 Å². The van der Waals surface area contributed by atoms with Crippen molar-refractivity contribution in [1.29, 1.82) is 0 Å². The van der Waals surface area contributed by atoms with Gasteiger partial charge in [0, 0.05) is 17.6 Å². The van der Waals surface area contributed by atoms with E-state index in [-0.39, 0.29) is 42.6 Å². The molecule has 4 aromatic rings. The lowest BCUT2D eigenvalue weighted by Gasteiger charge is -2.23. The van der Waals surface area contributed by atoms with Gasteiger partial charge >= 0.3 is 0 Å². The Morgan fingerprint density at radius 1 is 0.938 bits per heavy atom. The van der Waals surface area contributed by atoms with E-state index in [4.69, 9.17) is 5.73 Å². The van der Waals surface area contributed by atoms with Crippen LogP contribution in [0.15, 0.2) is 66.9 Å². The zero-order valence-corrected chi connectivity index (χ0v) is 17.9. The molecule has 0 saturated carbocycles. The van der Waals surface area contributed by atoms with Crippen molar-refractivity contribution in [2.45, 2.75) is 13.5 Å². The second-order valence-electron chi connectivity index (χ2n) is 6.86. The fourth-order valence-electron chi connectivity index (χ4n) is 2.95. The molecule has 0 fully saturated rings. The normalized spacial score (nSPS) is 10.3. The molecule has 32 heavy (non-hydrogen) atoms. The molecule has 0 spiro atoms. The molecule has 10 heteroatoms. The lowest BCUT2D eigenvalue weighted by atomic mass is 10.2. The van der Waals surface area contributed by atoms with E-state index < -0.39 is 5.95 Å². The summed E-state index contributed by atoms with van der Waals surface area (Å²) in [7, 11) is 0. The number of rotatable bonds is 6. The van der Waals surface area contributed by atoms with Crippen molar-refractivity contribution < 1.29 is 8.78 Å². The summed E-state index contributed by atoms with van der Waals surface area (Å²) in [6.45, 7) is 2.20. The number of anilines is 5. The minimum Gasteiger partial charge on any atom is -0.368 e. The van der Waals surface area contributed by atoms with Gasteiger partial charge in [-0.25, -0.2) is 9.37 Å². The summed E-state index contributed by atoms with van der Waals surface area (Å²) in [5.74, 6) is -0.498. The van der Waals surface area contributed by atoms with Crippen LogP contribution in [0.4, 0.5) is 38.0 Å². The molecule has 0 unspecified atom stereocenters. The lowest BCUT2D eigenvalue weighted by molar-refractivity contribution is 0.581. The van der Waals surface area contributed by atoms with Crippen LogP contribution >= 0.6 is 12.4 Å². The van der Waals surface area contributed by atoms with Gasteiger partial charge in [-0.05, 0) is 61.0 Å². The Hall–Kier alpha value is -3.85. The van der Waals surface area contributed by atoms with Crippen molar-refractivity contribution in [3.05, 3.63) is 89.8 Å². The highest BCUT2D eigenvalue weighted by atomic mass is 35.5. The fourth-order valence-corrected chi connectivity index (χ4v) is 2.95. The molecule has 4 rings (SSSR count). The van der Waals surface area contributed by atoms with Gasteiger partial charge < -0.3 is 16.0 Å².